The van der Waals surface area contributed by atoms with E-state index in [0.717, 1.165) is 34.1 Å². The molecule has 1 N–H and O–H groups in total. The minimum Gasteiger partial charge on any atom is -0.497 e. The largest absolute Gasteiger partial charge is 0.497 e. The van der Waals surface area contributed by atoms with E-state index in [4.69, 9.17) is 18.9 Å². The normalized spacial score (nSPS) is 10.2. The third-order valence-electron chi connectivity index (χ3n) is 4.36. The molecule has 3 rings (SSSR count). The van der Waals surface area contributed by atoms with Gasteiger partial charge in [0.15, 0.2) is 11.5 Å². The summed E-state index contributed by atoms with van der Waals surface area (Å²) >= 11 is 0. The summed E-state index contributed by atoms with van der Waals surface area (Å²) in [5.41, 5.74) is 3.08. The van der Waals surface area contributed by atoms with Crippen LogP contribution in [0.3, 0.4) is 0 Å². The molecular formula is C23H25NO4. The summed E-state index contributed by atoms with van der Waals surface area (Å²) in [5, 5.41) is 3.38. The number of anilines is 1. The lowest BCUT2D eigenvalue weighted by Gasteiger charge is -2.15. The molecule has 5 nitrogen and oxygen atoms in total. The Morgan fingerprint density at radius 1 is 0.679 bits per heavy atom. The Morgan fingerprint density at radius 2 is 1.46 bits per heavy atom. The smallest absolute Gasteiger partial charge is 0.161 e. The minimum atomic E-state index is 0.498. The number of methoxy groups -OCH3 is 3. The molecule has 0 spiro atoms. The van der Waals surface area contributed by atoms with E-state index >= 15 is 0 Å². The Hall–Kier alpha value is -3.34. The van der Waals surface area contributed by atoms with Gasteiger partial charge >= 0.3 is 0 Å². The van der Waals surface area contributed by atoms with E-state index in [1.807, 2.05) is 66.7 Å². The van der Waals surface area contributed by atoms with Gasteiger partial charge in [0.25, 0.3) is 0 Å². The maximum Gasteiger partial charge on any atom is 0.161 e. The fourth-order valence-corrected chi connectivity index (χ4v) is 2.82. The van der Waals surface area contributed by atoms with Gasteiger partial charge in [0.05, 0.1) is 27.0 Å². The van der Waals surface area contributed by atoms with Crippen molar-refractivity contribution in [1.82, 2.24) is 0 Å². The summed E-state index contributed by atoms with van der Waals surface area (Å²) in [6, 6.07) is 21.7. The van der Waals surface area contributed by atoms with Crippen molar-refractivity contribution in [3.63, 3.8) is 0 Å². The van der Waals surface area contributed by atoms with Gasteiger partial charge < -0.3 is 24.3 Å². The van der Waals surface area contributed by atoms with Crippen LogP contribution in [0, 0.1) is 0 Å². The van der Waals surface area contributed by atoms with Crippen molar-refractivity contribution in [3.05, 3.63) is 77.9 Å². The van der Waals surface area contributed by atoms with Gasteiger partial charge in [0.1, 0.15) is 18.1 Å². The van der Waals surface area contributed by atoms with E-state index in [0.29, 0.717) is 18.9 Å². The highest BCUT2D eigenvalue weighted by atomic mass is 16.5. The van der Waals surface area contributed by atoms with Crippen LogP contribution in [-0.2, 0) is 13.2 Å². The molecule has 0 bridgehead atoms. The average molecular weight is 379 g/mol. The molecule has 0 unspecified atom stereocenters. The highest BCUT2D eigenvalue weighted by Gasteiger charge is 2.08. The van der Waals surface area contributed by atoms with E-state index in [1.165, 1.54) is 0 Å². The Morgan fingerprint density at radius 3 is 2.18 bits per heavy atom. The zero-order chi connectivity index (χ0) is 19.8. The van der Waals surface area contributed by atoms with Crippen molar-refractivity contribution in [2.45, 2.75) is 13.2 Å². The maximum absolute atomic E-state index is 5.91. The van der Waals surface area contributed by atoms with Gasteiger partial charge in [-0.15, -0.1) is 0 Å². The average Bonchev–Trinajstić information content (AvgIpc) is 2.77. The Bertz CT molecular complexity index is 896. The summed E-state index contributed by atoms with van der Waals surface area (Å²) in [6.45, 7) is 1.12. The number of rotatable bonds is 9. The molecule has 3 aromatic carbocycles. The van der Waals surface area contributed by atoms with Gasteiger partial charge in [-0.3, -0.25) is 0 Å². The van der Waals surface area contributed by atoms with Crippen LogP contribution in [0.2, 0.25) is 0 Å². The third-order valence-corrected chi connectivity index (χ3v) is 4.36. The first-order valence-corrected chi connectivity index (χ1v) is 9.03. The molecule has 146 valence electrons. The molecule has 0 aromatic heterocycles. The van der Waals surface area contributed by atoms with E-state index in [-0.39, 0.29) is 0 Å². The molecule has 0 atom stereocenters. The van der Waals surface area contributed by atoms with Crippen LogP contribution in [-0.4, -0.2) is 21.3 Å². The fraction of sp³-hybridized carbons (Fsp3) is 0.217. The predicted octanol–water partition coefficient (Wildman–Crippen LogP) is 4.90. The Balaban J connectivity index is 1.67. The van der Waals surface area contributed by atoms with Crippen molar-refractivity contribution in [2.75, 3.05) is 26.6 Å². The highest BCUT2D eigenvalue weighted by molar-refractivity contribution is 5.59. The first-order chi connectivity index (χ1) is 13.7. The standard InChI is InChI=1S/C23H25NO4/c1-25-19-10-11-20(22(14-19)26-2)24-15-18-9-12-21(23(13-18)27-3)28-16-17-7-5-4-6-8-17/h4-14,24H,15-16H2,1-3H3. The lowest BCUT2D eigenvalue weighted by Crippen LogP contribution is -2.03. The predicted molar refractivity (Wildman–Crippen MR) is 111 cm³/mol. The zero-order valence-corrected chi connectivity index (χ0v) is 16.4. The van der Waals surface area contributed by atoms with Gasteiger partial charge in [-0.05, 0) is 35.4 Å². The quantitative estimate of drug-likeness (QED) is 0.573. The molecule has 0 saturated heterocycles. The van der Waals surface area contributed by atoms with Crippen LogP contribution in [0.4, 0.5) is 5.69 Å². The van der Waals surface area contributed by atoms with Crippen LogP contribution in [0.15, 0.2) is 66.7 Å². The lowest BCUT2D eigenvalue weighted by atomic mass is 10.2. The number of benzene rings is 3. The number of nitrogens with one attached hydrogen (secondary N) is 1. The Kier molecular flexibility index (Phi) is 6.63. The van der Waals surface area contributed by atoms with Crippen molar-refractivity contribution in [2.24, 2.45) is 0 Å². The van der Waals surface area contributed by atoms with Gasteiger partial charge in [-0.1, -0.05) is 36.4 Å². The van der Waals surface area contributed by atoms with E-state index in [2.05, 4.69) is 5.32 Å². The van der Waals surface area contributed by atoms with Crippen LogP contribution >= 0.6 is 0 Å². The van der Waals surface area contributed by atoms with Crippen molar-refractivity contribution in [1.29, 1.82) is 0 Å². The number of ether oxygens (including phenoxy) is 4. The molecule has 0 aliphatic heterocycles. The van der Waals surface area contributed by atoms with Crippen molar-refractivity contribution < 1.29 is 18.9 Å². The molecule has 0 radical (unpaired) electrons. The van der Waals surface area contributed by atoms with Crippen molar-refractivity contribution in [3.8, 4) is 23.0 Å². The van der Waals surface area contributed by atoms with Crippen LogP contribution in [0.5, 0.6) is 23.0 Å². The second kappa shape index (κ2) is 9.55. The summed E-state index contributed by atoms with van der Waals surface area (Å²) < 4.78 is 22.1. The molecule has 0 saturated carbocycles. The van der Waals surface area contributed by atoms with Crippen LogP contribution in [0.1, 0.15) is 11.1 Å². The van der Waals surface area contributed by atoms with Crippen molar-refractivity contribution >= 4 is 5.69 Å². The first kappa shape index (κ1) is 19.4. The number of hydrogen-bond acceptors (Lipinski definition) is 5. The van der Waals surface area contributed by atoms with Gasteiger partial charge in [-0.2, -0.15) is 0 Å². The third kappa shape index (κ3) is 4.88. The molecule has 28 heavy (non-hydrogen) atoms. The SMILES string of the molecule is COc1ccc(NCc2ccc(OCc3ccccc3)c(OC)c2)c(OC)c1. The molecule has 0 amide bonds. The van der Waals surface area contributed by atoms with Crippen LogP contribution in [0.25, 0.3) is 0 Å². The summed E-state index contributed by atoms with van der Waals surface area (Å²) in [5.74, 6) is 2.91. The molecule has 5 heteroatoms. The van der Waals surface area contributed by atoms with Gasteiger partial charge in [0, 0.05) is 12.6 Å². The lowest BCUT2D eigenvalue weighted by molar-refractivity contribution is 0.284. The molecule has 0 fully saturated rings. The highest BCUT2D eigenvalue weighted by Crippen LogP contribution is 2.31. The molecule has 0 aliphatic carbocycles. The van der Waals surface area contributed by atoms with Gasteiger partial charge in [-0.25, -0.2) is 0 Å². The fourth-order valence-electron chi connectivity index (χ4n) is 2.82. The maximum atomic E-state index is 5.91. The summed E-state index contributed by atoms with van der Waals surface area (Å²) in [4.78, 5) is 0. The second-order valence-corrected chi connectivity index (χ2v) is 6.18. The zero-order valence-electron chi connectivity index (χ0n) is 16.4. The Labute approximate surface area is 165 Å². The van der Waals surface area contributed by atoms with E-state index in [9.17, 15) is 0 Å². The summed E-state index contributed by atoms with van der Waals surface area (Å²) in [7, 11) is 4.92. The minimum absolute atomic E-state index is 0.498. The summed E-state index contributed by atoms with van der Waals surface area (Å²) in [6.07, 6.45) is 0. The van der Waals surface area contributed by atoms with E-state index < -0.39 is 0 Å². The van der Waals surface area contributed by atoms with E-state index in [1.54, 1.807) is 21.3 Å². The first-order valence-electron chi connectivity index (χ1n) is 9.03. The molecule has 0 aliphatic rings. The molecular weight excluding hydrogens is 354 g/mol. The number of hydrogen-bond donors (Lipinski definition) is 1. The topological polar surface area (TPSA) is 49.0 Å². The van der Waals surface area contributed by atoms with Crippen LogP contribution < -0.4 is 24.3 Å². The second-order valence-electron chi connectivity index (χ2n) is 6.18. The molecule has 3 aromatic rings. The van der Waals surface area contributed by atoms with Gasteiger partial charge in [0.2, 0.25) is 0 Å². The monoisotopic (exact) mass is 379 g/mol. The molecule has 0 heterocycles.